The largest absolute Gasteiger partial charge is 0.493 e. The highest BCUT2D eigenvalue weighted by molar-refractivity contribution is 6.36. The number of amides is 2. The van der Waals surface area contributed by atoms with Crippen molar-refractivity contribution in [3.63, 3.8) is 0 Å². The van der Waals surface area contributed by atoms with Crippen molar-refractivity contribution < 1.29 is 19.1 Å². The number of hydrogen-bond acceptors (Lipinski definition) is 5. The summed E-state index contributed by atoms with van der Waals surface area (Å²) in [5, 5.41) is 5.98. The van der Waals surface area contributed by atoms with Gasteiger partial charge in [-0.15, -0.1) is 0 Å². The Kier molecular flexibility index (Phi) is 7.70. The Hall–Kier alpha value is -3.71. The van der Waals surface area contributed by atoms with E-state index in [1.54, 1.807) is 12.1 Å². The molecule has 8 heteroatoms. The molecule has 1 heterocycles. The molecule has 0 bridgehead atoms. The molecule has 0 unspecified atom stereocenters. The van der Waals surface area contributed by atoms with Gasteiger partial charge in [-0.25, -0.2) is 4.99 Å². The van der Waals surface area contributed by atoms with Crippen LogP contribution in [0.5, 0.6) is 5.75 Å². The first kappa shape index (κ1) is 25.4. The van der Waals surface area contributed by atoms with Gasteiger partial charge >= 0.3 is 0 Å². The second kappa shape index (κ2) is 10.9. The highest BCUT2D eigenvalue weighted by Crippen LogP contribution is 2.31. The number of nitrogens with one attached hydrogen (secondary N) is 2. The number of aliphatic imine (C=N–C) groups is 1. The van der Waals surface area contributed by atoms with Gasteiger partial charge in [0.15, 0.2) is 5.78 Å². The summed E-state index contributed by atoms with van der Waals surface area (Å²) in [5.41, 5.74) is 4.72. The molecule has 7 nitrogen and oxygen atoms in total. The maximum atomic E-state index is 13.1. The molecule has 0 aromatic heterocycles. The van der Waals surface area contributed by atoms with Gasteiger partial charge in [-0.1, -0.05) is 35.4 Å². The van der Waals surface area contributed by atoms with Crippen LogP contribution in [0.15, 0.2) is 64.3 Å². The van der Waals surface area contributed by atoms with Gasteiger partial charge in [0.2, 0.25) is 5.91 Å². The van der Waals surface area contributed by atoms with Crippen LogP contribution in [-0.4, -0.2) is 36.5 Å². The number of halogens is 1. The Bertz CT molecular complexity index is 1340. The van der Waals surface area contributed by atoms with E-state index < -0.39 is 11.7 Å². The van der Waals surface area contributed by atoms with Crippen LogP contribution in [0.3, 0.4) is 0 Å². The van der Waals surface area contributed by atoms with E-state index in [0.717, 1.165) is 16.9 Å². The van der Waals surface area contributed by atoms with Crippen LogP contribution in [-0.2, 0) is 14.4 Å². The van der Waals surface area contributed by atoms with Gasteiger partial charge in [-0.05, 0) is 69.0 Å². The van der Waals surface area contributed by atoms with E-state index in [9.17, 15) is 14.4 Å². The van der Waals surface area contributed by atoms with Gasteiger partial charge in [0.05, 0.1) is 34.3 Å². The number of rotatable bonds is 7. The minimum atomic E-state index is -0.488. The molecule has 2 aromatic rings. The van der Waals surface area contributed by atoms with Crippen LogP contribution in [0.1, 0.15) is 36.0 Å². The summed E-state index contributed by atoms with van der Waals surface area (Å²) in [6.07, 6.45) is 2.41. The number of aryl methyl sites for hydroxylation is 3. The predicted octanol–water partition coefficient (Wildman–Crippen LogP) is 4.60. The number of ether oxygens (including phenoxy) is 1. The van der Waals surface area contributed by atoms with Crippen molar-refractivity contribution in [3.05, 3.63) is 81.0 Å². The van der Waals surface area contributed by atoms with Crippen molar-refractivity contribution >= 4 is 40.6 Å². The Labute approximate surface area is 215 Å². The lowest BCUT2D eigenvalue weighted by Crippen LogP contribution is -2.39. The van der Waals surface area contributed by atoms with Gasteiger partial charge in [0.25, 0.3) is 5.91 Å². The van der Waals surface area contributed by atoms with E-state index in [0.29, 0.717) is 47.3 Å². The first-order valence-corrected chi connectivity index (χ1v) is 12.2. The van der Waals surface area contributed by atoms with Crippen LogP contribution < -0.4 is 15.4 Å². The fourth-order valence-corrected chi connectivity index (χ4v) is 4.40. The first-order valence-electron chi connectivity index (χ1n) is 11.9. The molecule has 0 saturated heterocycles. The topological polar surface area (TPSA) is 96.9 Å². The van der Waals surface area contributed by atoms with Gasteiger partial charge in [0.1, 0.15) is 5.75 Å². The normalized spacial score (nSPS) is 16.4. The van der Waals surface area contributed by atoms with E-state index in [2.05, 4.69) is 21.7 Å². The number of nitrogens with zero attached hydrogens (tertiary/aromatic N) is 1. The Balaban J connectivity index is 1.47. The third-order valence-corrected chi connectivity index (χ3v) is 6.31. The molecular formula is C28H28ClN3O4. The Morgan fingerprint density at radius 1 is 1.08 bits per heavy atom. The van der Waals surface area contributed by atoms with Crippen molar-refractivity contribution in [2.24, 2.45) is 4.99 Å². The lowest BCUT2D eigenvalue weighted by atomic mass is 9.87. The summed E-state index contributed by atoms with van der Waals surface area (Å²) >= 11 is 6.35. The number of benzene rings is 2. The summed E-state index contributed by atoms with van der Waals surface area (Å²) in [5.74, 6) is -0.276. The lowest BCUT2D eigenvalue weighted by molar-refractivity contribution is -0.121. The molecule has 2 amide bonds. The SMILES string of the molecule is Cc1ccc(OCCCNC(=O)C2=CC(=Nc3ccc(C)cc3Cl)C3=C(CCC(=O)N3)C2=O)c(C)c1. The lowest BCUT2D eigenvalue weighted by Gasteiger charge is -2.25. The van der Waals surface area contributed by atoms with Crippen molar-refractivity contribution in [3.8, 4) is 5.75 Å². The average Bonchev–Trinajstić information content (AvgIpc) is 2.83. The number of allylic oxidation sites excluding steroid dienone is 2. The smallest absolute Gasteiger partial charge is 0.255 e. The van der Waals surface area contributed by atoms with Crippen molar-refractivity contribution in [1.82, 2.24) is 10.6 Å². The van der Waals surface area contributed by atoms with E-state index >= 15 is 0 Å². The van der Waals surface area contributed by atoms with Crippen molar-refractivity contribution in [1.29, 1.82) is 0 Å². The minimum absolute atomic E-state index is 0.0119. The number of carbonyl (C=O) groups is 3. The van der Waals surface area contributed by atoms with Crippen LogP contribution in [0.25, 0.3) is 0 Å². The molecule has 186 valence electrons. The molecule has 1 aliphatic carbocycles. The molecule has 0 spiro atoms. The number of Topliss-reactive ketones (excluding diaryl/α,β-unsaturated/α-hetero) is 1. The fraction of sp³-hybridized carbons (Fsp3) is 0.286. The molecule has 0 fully saturated rings. The zero-order chi connectivity index (χ0) is 25.8. The Morgan fingerprint density at radius 3 is 2.58 bits per heavy atom. The highest BCUT2D eigenvalue weighted by Gasteiger charge is 2.34. The summed E-state index contributed by atoms with van der Waals surface area (Å²) in [4.78, 5) is 42.7. The second-order valence-electron chi connectivity index (χ2n) is 8.97. The molecule has 1 aliphatic heterocycles. The predicted molar refractivity (Wildman–Crippen MR) is 140 cm³/mol. The van der Waals surface area contributed by atoms with E-state index in [4.69, 9.17) is 16.3 Å². The molecule has 0 atom stereocenters. The molecule has 36 heavy (non-hydrogen) atoms. The fourth-order valence-electron chi connectivity index (χ4n) is 4.13. The number of carbonyl (C=O) groups excluding carboxylic acids is 3. The molecule has 2 aromatic carbocycles. The second-order valence-corrected chi connectivity index (χ2v) is 9.37. The standard InChI is InChI=1S/C28H28ClN3O4/c1-16-6-9-24(18(3)13-16)36-12-4-11-30-28(35)20-15-23(31-22-8-5-17(2)14-21(22)29)26-19(27(20)34)7-10-25(33)32-26/h5-6,8-9,13-15H,4,7,10-12H2,1-3H3,(H,30,35)(H,32,33). The van der Waals surface area contributed by atoms with E-state index in [1.807, 2.05) is 39.0 Å². The maximum absolute atomic E-state index is 13.1. The summed E-state index contributed by atoms with van der Waals surface area (Å²) in [6.45, 7) is 6.70. The maximum Gasteiger partial charge on any atom is 0.255 e. The van der Waals surface area contributed by atoms with Crippen LogP contribution in [0, 0.1) is 20.8 Å². The van der Waals surface area contributed by atoms with E-state index in [1.165, 1.54) is 11.6 Å². The van der Waals surface area contributed by atoms with Crippen LogP contribution in [0.4, 0.5) is 5.69 Å². The van der Waals surface area contributed by atoms with Gasteiger partial charge in [-0.3, -0.25) is 14.4 Å². The van der Waals surface area contributed by atoms with Crippen molar-refractivity contribution in [2.75, 3.05) is 13.2 Å². The molecule has 2 N–H and O–H groups in total. The zero-order valence-corrected chi connectivity index (χ0v) is 21.3. The number of ketones is 1. The van der Waals surface area contributed by atoms with E-state index in [-0.39, 0.29) is 24.3 Å². The summed E-state index contributed by atoms with van der Waals surface area (Å²) in [7, 11) is 0. The Morgan fingerprint density at radius 2 is 1.83 bits per heavy atom. The molecule has 2 aliphatic rings. The van der Waals surface area contributed by atoms with Gasteiger partial charge in [-0.2, -0.15) is 0 Å². The number of hydrogen-bond donors (Lipinski definition) is 2. The monoisotopic (exact) mass is 505 g/mol. The molecular weight excluding hydrogens is 478 g/mol. The summed E-state index contributed by atoms with van der Waals surface area (Å²) in [6, 6.07) is 11.4. The van der Waals surface area contributed by atoms with Crippen molar-refractivity contribution in [2.45, 2.75) is 40.0 Å². The molecule has 4 rings (SSSR count). The minimum Gasteiger partial charge on any atom is -0.493 e. The zero-order valence-electron chi connectivity index (χ0n) is 20.5. The summed E-state index contributed by atoms with van der Waals surface area (Å²) < 4.78 is 5.81. The third-order valence-electron chi connectivity index (χ3n) is 6.01. The average molecular weight is 506 g/mol. The van der Waals surface area contributed by atoms with Crippen LogP contribution in [0.2, 0.25) is 5.02 Å². The quantitative estimate of drug-likeness (QED) is 0.326. The molecule has 0 radical (unpaired) electrons. The third kappa shape index (κ3) is 5.74. The first-order chi connectivity index (χ1) is 17.2. The molecule has 0 saturated carbocycles. The van der Waals surface area contributed by atoms with Gasteiger partial charge < -0.3 is 15.4 Å². The van der Waals surface area contributed by atoms with Crippen LogP contribution >= 0.6 is 11.6 Å². The highest BCUT2D eigenvalue weighted by atomic mass is 35.5. The van der Waals surface area contributed by atoms with Gasteiger partial charge in [0, 0.05) is 18.5 Å².